The molecule has 2 fully saturated rings. The Balaban J connectivity index is 1.63. The van der Waals surface area contributed by atoms with Crippen LogP contribution in [0.25, 0.3) is 0 Å². The first-order valence-electron chi connectivity index (χ1n) is 7.95. The summed E-state index contributed by atoms with van der Waals surface area (Å²) in [5.41, 5.74) is 0.585. The third kappa shape index (κ3) is 2.86. The van der Waals surface area contributed by atoms with Crippen molar-refractivity contribution in [1.29, 1.82) is 0 Å². The Hall–Kier alpha value is -0.830. The summed E-state index contributed by atoms with van der Waals surface area (Å²) in [5.74, 6) is 0.710. The minimum absolute atomic E-state index is 0.491. The lowest BCUT2D eigenvalue weighted by Crippen LogP contribution is -2.28. The summed E-state index contributed by atoms with van der Waals surface area (Å²) in [6.07, 6.45) is 12.3. The molecule has 2 atom stereocenters. The van der Waals surface area contributed by atoms with Gasteiger partial charge in [-0.05, 0) is 44.1 Å². The number of nitrogens with zero attached hydrogens (tertiary/aromatic N) is 2. The zero-order chi connectivity index (χ0) is 13.3. The van der Waals surface area contributed by atoms with Gasteiger partial charge in [0.05, 0.1) is 17.3 Å². The van der Waals surface area contributed by atoms with Crippen molar-refractivity contribution in [2.75, 3.05) is 0 Å². The fourth-order valence-electron chi connectivity index (χ4n) is 3.90. The highest BCUT2D eigenvalue weighted by molar-refractivity contribution is 5.06. The lowest BCUT2D eigenvalue weighted by atomic mass is 9.94. The highest BCUT2D eigenvalue weighted by Gasteiger charge is 2.37. The first-order valence-corrected chi connectivity index (χ1v) is 7.95. The number of aromatic nitrogens is 2. The summed E-state index contributed by atoms with van der Waals surface area (Å²) < 4.78 is 2.14. The Bertz CT molecular complexity index is 422. The molecule has 0 aliphatic heterocycles. The molecule has 1 aromatic heterocycles. The molecule has 106 valence electrons. The SMILES string of the molecule is CCC1CCC(O)(Cc2ccn(C3CCCC3)n2)C1. The Kier molecular flexibility index (Phi) is 3.66. The van der Waals surface area contributed by atoms with E-state index >= 15 is 0 Å². The maximum absolute atomic E-state index is 10.7. The van der Waals surface area contributed by atoms with Gasteiger partial charge in [0, 0.05) is 12.6 Å². The Morgan fingerprint density at radius 1 is 1.37 bits per heavy atom. The molecule has 2 aliphatic rings. The predicted molar refractivity (Wildman–Crippen MR) is 76.0 cm³/mol. The molecule has 3 heteroatoms. The van der Waals surface area contributed by atoms with E-state index in [1.54, 1.807) is 0 Å². The minimum Gasteiger partial charge on any atom is -0.389 e. The van der Waals surface area contributed by atoms with Crippen LogP contribution in [0.1, 0.15) is 70.0 Å². The van der Waals surface area contributed by atoms with Crippen LogP contribution in [-0.2, 0) is 6.42 Å². The van der Waals surface area contributed by atoms with E-state index in [1.165, 1.54) is 38.5 Å². The van der Waals surface area contributed by atoms with Crippen molar-refractivity contribution in [2.24, 2.45) is 5.92 Å². The summed E-state index contributed by atoms with van der Waals surface area (Å²) in [4.78, 5) is 0. The van der Waals surface area contributed by atoms with Crippen LogP contribution >= 0.6 is 0 Å². The summed E-state index contributed by atoms with van der Waals surface area (Å²) in [5, 5.41) is 15.4. The molecule has 0 aromatic carbocycles. The number of rotatable bonds is 4. The van der Waals surface area contributed by atoms with Crippen LogP contribution in [0.4, 0.5) is 0 Å². The van der Waals surface area contributed by atoms with E-state index in [-0.39, 0.29) is 0 Å². The van der Waals surface area contributed by atoms with Crippen LogP contribution in [0.15, 0.2) is 12.3 Å². The van der Waals surface area contributed by atoms with Gasteiger partial charge in [-0.1, -0.05) is 26.2 Å². The third-order valence-electron chi connectivity index (χ3n) is 5.14. The molecule has 0 radical (unpaired) electrons. The number of hydrogen-bond donors (Lipinski definition) is 1. The summed E-state index contributed by atoms with van der Waals surface area (Å²) in [6.45, 7) is 2.23. The van der Waals surface area contributed by atoms with Gasteiger partial charge in [0.1, 0.15) is 0 Å². The van der Waals surface area contributed by atoms with Crippen molar-refractivity contribution in [1.82, 2.24) is 9.78 Å². The van der Waals surface area contributed by atoms with Gasteiger partial charge in [-0.25, -0.2) is 0 Å². The van der Waals surface area contributed by atoms with E-state index in [9.17, 15) is 5.11 Å². The molecule has 1 aromatic rings. The lowest BCUT2D eigenvalue weighted by molar-refractivity contribution is 0.0425. The summed E-state index contributed by atoms with van der Waals surface area (Å²) in [7, 11) is 0. The topological polar surface area (TPSA) is 38.0 Å². The predicted octanol–water partition coefficient (Wildman–Crippen LogP) is 3.48. The zero-order valence-electron chi connectivity index (χ0n) is 12.0. The monoisotopic (exact) mass is 262 g/mol. The first kappa shape index (κ1) is 13.2. The van der Waals surface area contributed by atoms with Crippen LogP contribution in [-0.4, -0.2) is 20.5 Å². The highest BCUT2D eigenvalue weighted by Crippen LogP contribution is 2.38. The molecule has 1 N–H and O–H groups in total. The van der Waals surface area contributed by atoms with Gasteiger partial charge in [0.25, 0.3) is 0 Å². The minimum atomic E-state index is -0.491. The molecule has 19 heavy (non-hydrogen) atoms. The van der Waals surface area contributed by atoms with Gasteiger partial charge in [-0.15, -0.1) is 0 Å². The third-order valence-corrected chi connectivity index (χ3v) is 5.14. The second-order valence-corrected chi connectivity index (χ2v) is 6.64. The number of hydrogen-bond acceptors (Lipinski definition) is 2. The highest BCUT2D eigenvalue weighted by atomic mass is 16.3. The molecule has 2 saturated carbocycles. The fourth-order valence-corrected chi connectivity index (χ4v) is 3.90. The number of aliphatic hydroxyl groups is 1. The van der Waals surface area contributed by atoms with Crippen molar-refractivity contribution in [2.45, 2.75) is 76.4 Å². The second kappa shape index (κ2) is 5.28. The first-order chi connectivity index (χ1) is 9.18. The summed E-state index contributed by atoms with van der Waals surface area (Å²) >= 11 is 0. The second-order valence-electron chi connectivity index (χ2n) is 6.64. The maximum atomic E-state index is 10.7. The Morgan fingerprint density at radius 3 is 2.84 bits per heavy atom. The zero-order valence-corrected chi connectivity index (χ0v) is 12.0. The molecular formula is C16H26N2O. The Labute approximate surface area is 116 Å². The fraction of sp³-hybridized carbons (Fsp3) is 0.812. The van der Waals surface area contributed by atoms with Gasteiger partial charge in [-0.3, -0.25) is 4.68 Å². The van der Waals surface area contributed by atoms with E-state index in [0.717, 1.165) is 25.0 Å². The van der Waals surface area contributed by atoms with Crippen molar-refractivity contribution >= 4 is 0 Å². The molecule has 1 heterocycles. The van der Waals surface area contributed by atoms with E-state index in [4.69, 9.17) is 5.10 Å². The van der Waals surface area contributed by atoms with Crippen LogP contribution < -0.4 is 0 Å². The molecule has 0 saturated heterocycles. The quantitative estimate of drug-likeness (QED) is 0.902. The van der Waals surface area contributed by atoms with Gasteiger partial charge in [0.2, 0.25) is 0 Å². The van der Waals surface area contributed by atoms with Gasteiger partial charge >= 0.3 is 0 Å². The lowest BCUT2D eigenvalue weighted by Gasteiger charge is -2.21. The van der Waals surface area contributed by atoms with Crippen molar-refractivity contribution in [3.05, 3.63) is 18.0 Å². The molecule has 2 unspecified atom stereocenters. The van der Waals surface area contributed by atoms with Crippen LogP contribution in [0.5, 0.6) is 0 Å². The molecule has 2 aliphatic carbocycles. The molecule has 0 bridgehead atoms. The molecule has 0 amide bonds. The van der Waals surface area contributed by atoms with Gasteiger partial charge in [0.15, 0.2) is 0 Å². The van der Waals surface area contributed by atoms with Gasteiger partial charge < -0.3 is 5.11 Å². The molecule has 3 nitrogen and oxygen atoms in total. The van der Waals surface area contributed by atoms with Crippen molar-refractivity contribution in [3.63, 3.8) is 0 Å². The average molecular weight is 262 g/mol. The van der Waals surface area contributed by atoms with E-state index in [0.29, 0.717) is 12.0 Å². The van der Waals surface area contributed by atoms with Crippen molar-refractivity contribution in [3.8, 4) is 0 Å². The standard InChI is InChI=1S/C16H26N2O/c1-2-13-7-9-16(19,11-13)12-14-8-10-18(17-14)15-5-3-4-6-15/h8,10,13,15,19H,2-7,9,11-12H2,1H3. The van der Waals surface area contributed by atoms with Crippen LogP contribution in [0, 0.1) is 5.92 Å². The Morgan fingerprint density at radius 2 is 2.16 bits per heavy atom. The van der Waals surface area contributed by atoms with Gasteiger partial charge in [-0.2, -0.15) is 5.10 Å². The molecular weight excluding hydrogens is 236 g/mol. The van der Waals surface area contributed by atoms with Crippen molar-refractivity contribution < 1.29 is 5.11 Å². The average Bonchev–Trinajstić information content (AvgIpc) is 3.09. The van der Waals surface area contributed by atoms with E-state index in [1.807, 2.05) is 0 Å². The maximum Gasteiger partial charge on any atom is 0.0706 e. The normalized spacial score (nSPS) is 32.2. The molecule has 0 spiro atoms. The summed E-state index contributed by atoms with van der Waals surface area (Å²) in [6, 6.07) is 2.71. The molecule has 3 rings (SSSR count). The smallest absolute Gasteiger partial charge is 0.0706 e. The van der Waals surface area contributed by atoms with E-state index in [2.05, 4.69) is 23.9 Å². The largest absolute Gasteiger partial charge is 0.389 e. The van der Waals surface area contributed by atoms with Crippen LogP contribution in [0.2, 0.25) is 0 Å². The van der Waals surface area contributed by atoms with Crippen LogP contribution in [0.3, 0.4) is 0 Å². The van der Waals surface area contributed by atoms with E-state index < -0.39 is 5.60 Å².